The molecule has 0 aromatic carbocycles. The van der Waals surface area contributed by atoms with Crippen molar-refractivity contribution in [1.29, 1.82) is 0 Å². The highest BCUT2D eigenvalue weighted by Crippen LogP contribution is 2.35. The van der Waals surface area contributed by atoms with Crippen LogP contribution in [0.1, 0.15) is 40.0 Å². The highest BCUT2D eigenvalue weighted by Gasteiger charge is 2.44. The number of esters is 1. The van der Waals surface area contributed by atoms with E-state index in [2.05, 4.69) is 0 Å². The van der Waals surface area contributed by atoms with Crippen molar-refractivity contribution in [3.05, 3.63) is 21.8 Å². The Labute approximate surface area is 135 Å². The monoisotopic (exact) mass is 331 g/mol. The van der Waals surface area contributed by atoms with Crippen molar-refractivity contribution >= 4 is 5.97 Å². The molecule has 1 fully saturated rings. The Hall–Kier alpha value is -1.51. The number of hydrogen-bond donors (Lipinski definition) is 1. The van der Waals surface area contributed by atoms with Gasteiger partial charge in [-0.15, -0.1) is 0 Å². The Bertz CT molecular complexity index is 445. The van der Waals surface area contributed by atoms with E-state index in [1.165, 1.54) is 6.08 Å². The second-order valence-corrected chi connectivity index (χ2v) is 5.26. The van der Waals surface area contributed by atoms with Crippen molar-refractivity contribution in [2.75, 3.05) is 19.8 Å². The standard InChI is InChI=1S/C15H25NO7/c1-4-15(5-2)22-12(13(10-17)23-15)9-11(7-8-16(19)20)14(18)21-6-3/h9,12-13,17H,4-8,10H2,1-3H3/b11-9+/t12-,13-/m1/s1. The Morgan fingerprint density at radius 1 is 1.35 bits per heavy atom. The number of aliphatic hydroxyl groups is 1. The molecule has 8 nitrogen and oxygen atoms in total. The molecular weight excluding hydrogens is 306 g/mol. The molecule has 8 heteroatoms. The molecule has 1 aliphatic rings. The van der Waals surface area contributed by atoms with Crippen LogP contribution in [-0.2, 0) is 19.0 Å². The molecule has 0 aliphatic carbocycles. The highest BCUT2D eigenvalue weighted by molar-refractivity contribution is 5.88. The van der Waals surface area contributed by atoms with Gasteiger partial charge in [0.2, 0.25) is 6.54 Å². The lowest BCUT2D eigenvalue weighted by Gasteiger charge is -2.24. The van der Waals surface area contributed by atoms with E-state index >= 15 is 0 Å². The second kappa shape index (κ2) is 8.95. The molecule has 23 heavy (non-hydrogen) atoms. The average Bonchev–Trinajstić information content (AvgIpc) is 2.90. The summed E-state index contributed by atoms with van der Waals surface area (Å²) in [6, 6.07) is 0. The highest BCUT2D eigenvalue weighted by atomic mass is 16.8. The maximum atomic E-state index is 12.0. The predicted octanol–water partition coefficient (Wildman–Crippen LogP) is 1.44. The third-order valence-electron chi connectivity index (χ3n) is 3.81. The van der Waals surface area contributed by atoms with Crippen molar-refractivity contribution in [3.63, 3.8) is 0 Å². The molecule has 0 saturated carbocycles. The van der Waals surface area contributed by atoms with E-state index in [9.17, 15) is 20.0 Å². The molecule has 1 rings (SSSR count). The van der Waals surface area contributed by atoms with E-state index < -0.39 is 28.9 Å². The summed E-state index contributed by atoms with van der Waals surface area (Å²) in [5, 5.41) is 20.0. The maximum absolute atomic E-state index is 12.0. The second-order valence-electron chi connectivity index (χ2n) is 5.26. The smallest absolute Gasteiger partial charge is 0.334 e. The SMILES string of the molecule is CCOC(=O)/C(=C/[C@H]1OC(CC)(CC)O[C@@H]1CO)CC[N+](=O)[O-]. The van der Waals surface area contributed by atoms with Gasteiger partial charge in [0.15, 0.2) is 5.79 Å². The lowest BCUT2D eigenvalue weighted by atomic mass is 10.1. The van der Waals surface area contributed by atoms with Crippen LogP contribution in [0.2, 0.25) is 0 Å². The van der Waals surface area contributed by atoms with Gasteiger partial charge in [0.05, 0.1) is 13.2 Å². The zero-order chi connectivity index (χ0) is 17.5. The van der Waals surface area contributed by atoms with Crippen molar-refractivity contribution in [2.45, 2.75) is 58.0 Å². The van der Waals surface area contributed by atoms with E-state index in [1.807, 2.05) is 13.8 Å². The van der Waals surface area contributed by atoms with Gasteiger partial charge < -0.3 is 19.3 Å². The lowest BCUT2D eigenvalue weighted by Crippen LogP contribution is -2.29. The summed E-state index contributed by atoms with van der Waals surface area (Å²) in [6.45, 7) is 5.00. The minimum Gasteiger partial charge on any atom is -0.463 e. The Kier molecular flexibility index (Phi) is 7.60. The van der Waals surface area contributed by atoms with Gasteiger partial charge in [0.25, 0.3) is 0 Å². The van der Waals surface area contributed by atoms with Crippen LogP contribution in [0.5, 0.6) is 0 Å². The molecule has 0 amide bonds. The van der Waals surface area contributed by atoms with E-state index in [-0.39, 0.29) is 31.8 Å². The number of carbonyl (C=O) groups is 1. The molecule has 1 N–H and O–H groups in total. The Balaban J connectivity index is 2.98. The zero-order valence-corrected chi connectivity index (χ0v) is 13.8. The van der Waals surface area contributed by atoms with Gasteiger partial charge in [-0.05, 0) is 25.8 Å². The molecule has 0 unspecified atom stereocenters. The summed E-state index contributed by atoms with van der Waals surface area (Å²) < 4.78 is 16.6. The molecule has 0 spiro atoms. The summed E-state index contributed by atoms with van der Waals surface area (Å²) in [6.07, 6.45) is 1.34. The van der Waals surface area contributed by atoms with E-state index in [4.69, 9.17) is 14.2 Å². The first-order chi connectivity index (χ1) is 10.9. The van der Waals surface area contributed by atoms with Crippen LogP contribution in [-0.4, -0.2) is 53.8 Å². The van der Waals surface area contributed by atoms with Crippen LogP contribution in [0.3, 0.4) is 0 Å². The van der Waals surface area contributed by atoms with Gasteiger partial charge in [-0.1, -0.05) is 13.8 Å². The molecular formula is C15H25NO7. The molecule has 132 valence electrons. The molecule has 1 heterocycles. The van der Waals surface area contributed by atoms with Crippen LogP contribution in [0.4, 0.5) is 0 Å². The van der Waals surface area contributed by atoms with Gasteiger partial charge in [-0.25, -0.2) is 4.79 Å². The molecule has 2 atom stereocenters. The summed E-state index contributed by atoms with van der Waals surface area (Å²) in [7, 11) is 0. The fourth-order valence-corrected chi connectivity index (χ4v) is 2.45. The van der Waals surface area contributed by atoms with E-state index in [0.29, 0.717) is 12.8 Å². The first-order valence-electron chi connectivity index (χ1n) is 7.87. The number of nitro groups is 1. The molecule has 1 saturated heterocycles. The van der Waals surface area contributed by atoms with Crippen LogP contribution in [0, 0.1) is 10.1 Å². The topological polar surface area (TPSA) is 108 Å². The fourth-order valence-electron chi connectivity index (χ4n) is 2.45. The van der Waals surface area contributed by atoms with Gasteiger partial charge in [-0.2, -0.15) is 0 Å². The molecule has 0 radical (unpaired) electrons. The Morgan fingerprint density at radius 2 is 2.00 bits per heavy atom. The minimum atomic E-state index is -0.808. The number of nitrogens with zero attached hydrogens (tertiary/aromatic N) is 1. The van der Waals surface area contributed by atoms with Crippen LogP contribution < -0.4 is 0 Å². The number of hydrogen-bond acceptors (Lipinski definition) is 7. The third kappa shape index (κ3) is 5.26. The predicted molar refractivity (Wildman–Crippen MR) is 81.3 cm³/mol. The van der Waals surface area contributed by atoms with Gasteiger partial charge in [0, 0.05) is 16.9 Å². The zero-order valence-electron chi connectivity index (χ0n) is 13.8. The van der Waals surface area contributed by atoms with Crippen molar-refractivity contribution < 1.29 is 29.0 Å². The number of ether oxygens (including phenoxy) is 3. The van der Waals surface area contributed by atoms with Gasteiger partial charge >= 0.3 is 5.97 Å². The third-order valence-corrected chi connectivity index (χ3v) is 3.81. The number of carbonyl (C=O) groups excluding carboxylic acids is 1. The Morgan fingerprint density at radius 3 is 2.48 bits per heavy atom. The largest absolute Gasteiger partial charge is 0.463 e. The average molecular weight is 331 g/mol. The normalized spacial score (nSPS) is 23.7. The van der Waals surface area contributed by atoms with Crippen molar-refractivity contribution in [1.82, 2.24) is 0 Å². The lowest BCUT2D eigenvalue weighted by molar-refractivity contribution is -0.479. The van der Waals surface area contributed by atoms with Crippen LogP contribution in [0.15, 0.2) is 11.6 Å². The van der Waals surface area contributed by atoms with Crippen molar-refractivity contribution in [3.8, 4) is 0 Å². The maximum Gasteiger partial charge on any atom is 0.334 e. The molecule has 0 aromatic rings. The fraction of sp³-hybridized carbons (Fsp3) is 0.800. The quantitative estimate of drug-likeness (QED) is 0.295. The van der Waals surface area contributed by atoms with E-state index in [1.54, 1.807) is 6.92 Å². The number of rotatable bonds is 9. The number of aliphatic hydroxyl groups excluding tert-OH is 1. The van der Waals surface area contributed by atoms with Crippen LogP contribution in [0.25, 0.3) is 0 Å². The first-order valence-corrected chi connectivity index (χ1v) is 7.87. The molecule has 0 aromatic heterocycles. The summed E-state index contributed by atoms with van der Waals surface area (Å²) >= 11 is 0. The summed E-state index contributed by atoms with van der Waals surface area (Å²) in [5.41, 5.74) is 0.165. The van der Waals surface area contributed by atoms with Gasteiger partial charge in [0.1, 0.15) is 12.2 Å². The minimum absolute atomic E-state index is 0.0604. The van der Waals surface area contributed by atoms with Crippen molar-refractivity contribution in [2.24, 2.45) is 0 Å². The summed E-state index contributed by atoms with van der Waals surface area (Å²) in [5.74, 6) is -1.42. The molecule has 0 bridgehead atoms. The summed E-state index contributed by atoms with van der Waals surface area (Å²) in [4.78, 5) is 22.0. The van der Waals surface area contributed by atoms with Gasteiger partial charge in [-0.3, -0.25) is 10.1 Å². The molecule has 1 aliphatic heterocycles. The first kappa shape index (κ1) is 19.5. The van der Waals surface area contributed by atoms with E-state index in [0.717, 1.165) is 0 Å². The van der Waals surface area contributed by atoms with Crippen LogP contribution >= 0.6 is 0 Å².